The number of hydrogen-bond donors (Lipinski definition) is 1. The van der Waals surface area contributed by atoms with Gasteiger partial charge in [0.1, 0.15) is 5.75 Å². The summed E-state index contributed by atoms with van der Waals surface area (Å²) >= 11 is 5.81. The van der Waals surface area contributed by atoms with Crippen molar-refractivity contribution in [2.45, 2.75) is 19.7 Å². The molecule has 106 valence electrons. The number of benzene rings is 2. The average molecular weight is 298 g/mol. The third-order valence-electron chi connectivity index (χ3n) is 2.72. The highest BCUT2D eigenvalue weighted by Gasteiger charge is 2.03. The van der Waals surface area contributed by atoms with Crippen LogP contribution in [0.2, 0.25) is 5.02 Å². The van der Waals surface area contributed by atoms with Crippen molar-refractivity contribution in [3.05, 3.63) is 64.7 Å². The van der Waals surface area contributed by atoms with Crippen LogP contribution in [0.5, 0.6) is 5.75 Å². The molecule has 0 spiro atoms. The van der Waals surface area contributed by atoms with Crippen molar-refractivity contribution in [2.24, 2.45) is 0 Å². The van der Waals surface area contributed by atoms with Gasteiger partial charge in [0.25, 0.3) is 0 Å². The molecule has 0 unspecified atom stereocenters. The Morgan fingerprint density at radius 3 is 1.90 bits per heavy atom. The summed E-state index contributed by atoms with van der Waals surface area (Å²) in [6, 6.07) is 14.2. The summed E-state index contributed by atoms with van der Waals surface area (Å²) in [6.07, 6.45) is 0. The van der Waals surface area contributed by atoms with E-state index < -0.39 is 6.61 Å². The minimum absolute atomic E-state index is 0.168. The summed E-state index contributed by atoms with van der Waals surface area (Å²) in [6.45, 7) is -1.42. The molecule has 0 aliphatic rings. The van der Waals surface area contributed by atoms with E-state index in [9.17, 15) is 8.78 Å². The van der Waals surface area contributed by atoms with Gasteiger partial charge in [-0.25, -0.2) is 0 Å². The van der Waals surface area contributed by atoms with Gasteiger partial charge in [-0.15, -0.1) is 0 Å². The van der Waals surface area contributed by atoms with Gasteiger partial charge in [0, 0.05) is 18.1 Å². The van der Waals surface area contributed by atoms with E-state index in [1.807, 2.05) is 24.3 Å². The molecule has 0 amide bonds. The van der Waals surface area contributed by atoms with E-state index in [4.69, 9.17) is 11.6 Å². The first-order valence-corrected chi connectivity index (χ1v) is 6.50. The summed E-state index contributed by atoms with van der Waals surface area (Å²) in [4.78, 5) is 0. The Bertz CT molecular complexity index is 529. The van der Waals surface area contributed by atoms with Crippen LogP contribution in [0.15, 0.2) is 48.5 Å². The monoisotopic (exact) mass is 297 g/mol. The Kier molecular flexibility index (Phi) is 5.32. The topological polar surface area (TPSA) is 21.3 Å². The summed E-state index contributed by atoms with van der Waals surface area (Å²) < 4.78 is 28.3. The number of ether oxygens (including phenoxy) is 1. The van der Waals surface area contributed by atoms with E-state index >= 15 is 0 Å². The zero-order valence-corrected chi connectivity index (χ0v) is 11.4. The molecule has 0 atom stereocenters. The third kappa shape index (κ3) is 4.79. The Labute approximate surface area is 121 Å². The predicted molar refractivity (Wildman–Crippen MR) is 75.1 cm³/mol. The predicted octanol–water partition coefficient (Wildman–Crippen LogP) is 4.23. The highest BCUT2D eigenvalue weighted by Crippen LogP contribution is 2.15. The van der Waals surface area contributed by atoms with E-state index in [0.717, 1.165) is 11.1 Å². The number of hydrogen-bond acceptors (Lipinski definition) is 2. The van der Waals surface area contributed by atoms with E-state index in [1.54, 1.807) is 12.1 Å². The Balaban J connectivity index is 1.80. The second-order valence-electron chi connectivity index (χ2n) is 4.25. The number of rotatable bonds is 6. The molecule has 0 heterocycles. The summed E-state index contributed by atoms with van der Waals surface area (Å²) in [5.41, 5.74) is 2.13. The van der Waals surface area contributed by atoms with Gasteiger partial charge in [-0.05, 0) is 35.4 Å². The molecule has 0 bridgehead atoms. The maximum absolute atomic E-state index is 12.0. The highest BCUT2D eigenvalue weighted by molar-refractivity contribution is 6.30. The van der Waals surface area contributed by atoms with Gasteiger partial charge in [0.15, 0.2) is 0 Å². The number of alkyl halides is 2. The maximum atomic E-state index is 12.0. The molecule has 2 nitrogen and oxygen atoms in total. The van der Waals surface area contributed by atoms with Gasteiger partial charge in [0.05, 0.1) is 0 Å². The van der Waals surface area contributed by atoms with Crippen molar-refractivity contribution in [3.8, 4) is 5.75 Å². The number of halogens is 3. The molecule has 0 aromatic heterocycles. The van der Waals surface area contributed by atoms with Crippen molar-refractivity contribution in [3.63, 3.8) is 0 Å². The molecule has 0 aliphatic heterocycles. The molecular formula is C15H14ClF2NO. The van der Waals surface area contributed by atoms with Crippen LogP contribution in [-0.4, -0.2) is 6.61 Å². The SMILES string of the molecule is FC(F)Oc1ccc(CNCc2ccc(Cl)cc2)cc1. The van der Waals surface area contributed by atoms with Crippen LogP contribution >= 0.6 is 11.6 Å². The summed E-state index contributed by atoms with van der Waals surface area (Å²) in [5, 5.41) is 3.98. The zero-order valence-electron chi connectivity index (χ0n) is 10.7. The van der Waals surface area contributed by atoms with Gasteiger partial charge < -0.3 is 10.1 Å². The van der Waals surface area contributed by atoms with Gasteiger partial charge in [-0.3, -0.25) is 0 Å². The molecule has 0 fully saturated rings. The smallest absolute Gasteiger partial charge is 0.387 e. The molecule has 2 aromatic rings. The lowest BCUT2D eigenvalue weighted by Gasteiger charge is -2.07. The van der Waals surface area contributed by atoms with Gasteiger partial charge >= 0.3 is 6.61 Å². The van der Waals surface area contributed by atoms with Crippen molar-refractivity contribution >= 4 is 11.6 Å². The van der Waals surface area contributed by atoms with Crippen LogP contribution in [-0.2, 0) is 13.1 Å². The van der Waals surface area contributed by atoms with E-state index in [0.29, 0.717) is 18.1 Å². The lowest BCUT2D eigenvalue weighted by molar-refractivity contribution is -0.0498. The van der Waals surface area contributed by atoms with Crippen molar-refractivity contribution in [2.75, 3.05) is 0 Å². The van der Waals surface area contributed by atoms with Gasteiger partial charge in [-0.2, -0.15) is 8.78 Å². The molecular weight excluding hydrogens is 284 g/mol. The molecule has 2 aromatic carbocycles. The summed E-state index contributed by atoms with van der Waals surface area (Å²) in [5.74, 6) is 0.168. The standard InChI is InChI=1S/C15H14ClF2NO/c16-13-5-1-11(2-6-13)9-19-10-12-3-7-14(8-4-12)20-15(17)18/h1-8,15,19H,9-10H2. The van der Waals surface area contributed by atoms with Crippen LogP contribution in [0.25, 0.3) is 0 Å². The largest absolute Gasteiger partial charge is 0.435 e. The van der Waals surface area contributed by atoms with Crippen molar-refractivity contribution in [1.29, 1.82) is 0 Å². The van der Waals surface area contributed by atoms with E-state index in [2.05, 4.69) is 10.1 Å². The minimum atomic E-state index is -2.79. The fourth-order valence-electron chi connectivity index (χ4n) is 1.74. The first kappa shape index (κ1) is 14.8. The normalized spacial score (nSPS) is 10.8. The van der Waals surface area contributed by atoms with Crippen LogP contribution in [0.1, 0.15) is 11.1 Å². The fourth-order valence-corrected chi connectivity index (χ4v) is 1.87. The molecule has 20 heavy (non-hydrogen) atoms. The van der Waals surface area contributed by atoms with Crippen molar-refractivity contribution in [1.82, 2.24) is 5.32 Å². The third-order valence-corrected chi connectivity index (χ3v) is 2.97. The minimum Gasteiger partial charge on any atom is -0.435 e. The van der Waals surface area contributed by atoms with Crippen LogP contribution < -0.4 is 10.1 Å². The Hall–Kier alpha value is -1.65. The van der Waals surface area contributed by atoms with Gasteiger partial charge in [0.2, 0.25) is 0 Å². The molecule has 0 saturated heterocycles. The second-order valence-corrected chi connectivity index (χ2v) is 4.69. The van der Waals surface area contributed by atoms with E-state index in [-0.39, 0.29) is 5.75 Å². The molecule has 2 rings (SSSR count). The lowest BCUT2D eigenvalue weighted by Crippen LogP contribution is -2.12. The number of nitrogens with one attached hydrogen (secondary N) is 1. The van der Waals surface area contributed by atoms with E-state index in [1.165, 1.54) is 12.1 Å². The Morgan fingerprint density at radius 1 is 0.900 bits per heavy atom. The molecule has 0 aliphatic carbocycles. The fraction of sp³-hybridized carbons (Fsp3) is 0.200. The Morgan fingerprint density at radius 2 is 1.40 bits per heavy atom. The lowest BCUT2D eigenvalue weighted by atomic mass is 10.2. The van der Waals surface area contributed by atoms with Gasteiger partial charge in [-0.1, -0.05) is 35.9 Å². The molecule has 0 saturated carbocycles. The average Bonchev–Trinajstić information content (AvgIpc) is 2.42. The van der Waals surface area contributed by atoms with Crippen LogP contribution in [0, 0.1) is 0 Å². The van der Waals surface area contributed by atoms with Crippen LogP contribution in [0.4, 0.5) is 8.78 Å². The van der Waals surface area contributed by atoms with Crippen LogP contribution in [0.3, 0.4) is 0 Å². The van der Waals surface area contributed by atoms with Crippen molar-refractivity contribution < 1.29 is 13.5 Å². The zero-order chi connectivity index (χ0) is 14.4. The summed E-state index contributed by atoms with van der Waals surface area (Å²) in [7, 11) is 0. The second kappa shape index (κ2) is 7.22. The molecule has 0 radical (unpaired) electrons. The molecule has 1 N–H and O–H groups in total. The quantitative estimate of drug-likeness (QED) is 0.861. The maximum Gasteiger partial charge on any atom is 0.387 e. The first-order valence-electron chi connectivity index (χ1n) is 6.12. The highest BCUT2D eigenvalue weighted by atomic mass is 35.5. The first-order chi connectivity index (χ1) is 9.63. The molecule has 5 heteroatoms.